The SMILES string of the molecule is CCNC(=NCc1cc(OC)c(OC)c(OC)c1)NCCOc1ccc(F)cc1F. The van der Waals surface area contributed by atoms with E-state index in [0.717, 1.165) is 17.7 Å². The Morgan fingerprint density at radius 1 is 0.933 bits per heavy atom. The molecule has 0 amide bonds. The van der Waals surface area contributed by atoms with Gasteiger partial charge in [-0.25, -0.2) is 13.8 Å². The molecule has 30 heavy (non-hydrogen) atoms. The Bertz CT molecular complexity index is 837. The van der Waals surface area contributed by atoms with Crippen LogP contribution in [-0.4, -0.2) is 47.0 Å². The lowest BCUT2D eigenvalue weighted by Crippen LogP contribution is -2.39. The lowest BCUT2D eigenvalue weighted by atomic mass is 10.2. The van der Waals surface area contributed by atoms with Crippen molar-refractivity contribution in [3.63, 3.8) is 0 Å². The van der Waals surface area contributed by atoms with Gasteiger partial charge in [-0.2, -0.15) is 0 Å². The van der Waals surface area contributed by atoms with Crippen LogP contribution in [-0.2, 0) is 6.54 Å². The van der Waals surface area contributed by atoms with Crippen molar-refractivity contribution >= 4 is 5.96 Å². The van der Waals surface area contributed by atoms with Crippen LogP contribution in [0, 0.1) is 11.6 Å². The van der Waals surface area contributed by atoms with E-state index in [4.69, 9.17) is 18.9 Å². The Morgan fingerprint density at radius 3 is 2.20 bits per heavy atom. The molecule has 0 saturated heterocycles. The van der Waals surface area contributed by atoms with E-state index in [1.807, 2.05) is 19.1 Å². The molecule has 0 radical (unpaired) electrons. The Balaban J connectivity index is 1.98. The van der Waals surface area contributed by atoms with Crippen molar-refractivity contribution in [2.45, 2.75) is 13.5 Å². The lowest BCUT2D eigenvalue weighted by molar-refractivity contribution is 0.304. The molecule has 0 saturated carbocycles. The summed E-state index contributed by atoms with van der Waals surface area (Å²) in [5.41, 5.74) is 0.867. The van der Waals surface area contributed by atoms with Crippen molar-refractivity contribution in [3.05, 3.63) is 47.5 Å². The fraction of sp³-hybridized carbons (Fsp3) is 0.381. The average molecular weight is 423 g/mol. The average Bonchev–Trinajstić information content (AvgIpc) is 2.75. The summed E-state index contributed by atoms with van der Waals surface area (Å²) in [5, 5.41) is 6.22. The Morgan fingerprint density at radius 2 is 1.63 bits per heavy atom. The predicted molar refractivity (Wildman–Crippen MR) is 111 cm³/mol. The summed E-state index contributed by atoms with van der Waals surface area (Å²) in [6, 6.07) is 6.85. The molecular formula is C21H27F2N3O4. The van der Waals surface area contributed by atoms with Gasteiger partial charge in [-0.05, 0) is 36.8 Å². The number of methoxy groups -OCH3 is 3. The molecule has 0 aliphatic heterocycles. The van der Waals surface area contributed by atoms with Crippen LogP contribution in [0.5, 0.6) is 23.0 Å². The second kappa shape index (κ2) is 11.7. The van der Waals surface area contributed by atoms with Gasteiger partial charge in [0.25, 0.3) is 0 Å². The highest BCUT2D eigenvalue weighted by Crippen LogP contribution is 2.38. The van der Waals surface area contributed by atoms with Crippen molar-refractivity contribution in [1.82, 2.24) is 10.6 Å². The molecule has 2 aromatic rings. The Labute approximate surface area is 175 Å². The molecule has 0 aliphatic carbocycles. The molecule has 2 N–H and O–H groups in total. The highest BCUT2D eigenvalue weighted by atomic mass is 19.1. The summed E-state index contributed by atoms with van der Waals surface area (Å²) in [6.45, 7) is 3.52. The molecule has 0 bridgehead atoms. The minimum Gasteiger partial charge on any atom is -0.493 e. The van der Waals surface area contributed by atoms with Crippen molar-refractivity contribution in [2.75, 3.05) is 41.0 Å². The second-order valence-electron chi connectivity index (χ2n) is 6.08. The molecule has 2 aromatic carbocycles. The molecular weight excluding hydrogens is 396 g/mol. The molecule has 164 valence electrons. The van der Waals surface area contributed by atoms with E-state index >= 15 is 0 Å². The highest BCUT2D eigenvalue weighted by Gasteiger charge is 2.13. The van der Waals surface area contributed by atoms with E-state index in [0.29, 0.717) is 42.8 Å². The molecule has 0 aromatic heterocycles. The van der Waals surface area contributed by atoms with Gasteiger partial charge < -0.3 is 29.6 Å². The van der Waals surface area contributed by atoms with E-state index in [1.165, 1.54) is 6.07 Å². The minimum absolute atomic E-state index is 0.00226. The summed E-state index contributed by atoms with van der Waals surface area (Å²) in [5.74, 6) is 0.795. The number of ether oxygens (including phenoxy) is 4. The molecule has 0 fully saturated rings. The van der Waals surface area contributed by atoms with Gasteiger partial charge >= 0.3 is 0 Å². The zero-order valence-electron chi connectivity index (χ0n) is 17.6. The first-order valence-electron chi connectivity index (χ1n) is 9.41. The van der Waals surface area contributed by atoms with E-state index in [9.17, 15) is 8.78 Å². The summed E-state index contributed by atoms with van der Waals surface area (Å²) in [6.07, 6.45) is 0. The molecule has 0 unspecified atom stereocenters. The number of nitrogens with zero attached hydrogens (tertiary/aromatic N) is 1. The zero-order valence-corrected chi connectivity index (χ0v) is 17.6. The minimum atomic E-state index is -0.738. The van der Waals surface area contributed by atoms with Crippen LogP contribution in [0.4, 0.5) is 8.78 Å². The van der Waals surface area contributed by atoms with Crippen LogP contribution >= 0.6 is 0 Å². The van der Waals surface area contributed by atoms with E-state index in [1.54, 1.807) is 21.3 Å². The van der Waals surface area contributed by atoms with Gasteiger partial charge in [-0.3, -0.25) is 0 Å². The Hall–Kier alpha value is -3.23. The molecule has 0 aliphatic rings. The van der Waals surface area contributed by atoms with E-state index in [2.05, 4.69) is 15.6 Å². The number of halogens is 2. The standard InChI is InChI=1S/C21H27F2N3O4/c1-5-24-21(25-8-9-30-17-7-6-15(22)12-16(17)23)26-13-14-10-18(27-2)20(29-4)19(11-14)28-3/h6-7,10-12H,5,8-9,13H2,1-4H3,(H2,24,25,26). The first kappa shape index (κ1) is 23.1. The maximum atomic E-state index is 13.6. The molecule has 0 atom stereocenters. The third-order valence-corrected chi connectivity index (χ3v) is 4.03. The quantitative estimate of drug-likeness (QED) is 0.348. The summed E-state index contributed by atoms with van der Waals surface area (Å²) in [7, 11) is 4.66. The largest absolute Gasteiger partial charge is 0.493 e. The Kier molecular flexibility index (Phi) is 8.99. The third-order valence-electron chi connectivity index (χ3n) is 4.03. The van der Waals surface area contributed by atoms with Gasteiger partial charge in [0.15, 0.2) is 29.0 Å². The molecule has 9 heteroatoms. The summed E-state index contributed by atoms with van der Waals surface area (Å²) < 4.78 is 47.9. The van der Waals surface area contributed by atoms with Gasteiger partial charge in [0.05, 0.1) is 34.4 Å². The molecule has 0 heterocycles. The van der Waals surface area contributed by atoms with Crippen LogP contribution in [0.2, 0.25) is 0 Å². The predicted octanol–water partition coefficient (Wildman–Crippen LogP) is 3.12. The summed E-state index contributed by atoms with van der Waals surface area (Å²) in [4.78, 5) is 4.53. The van der Waals surface area contributed by atoms with Gasteiger partial charge in [0.1, 0.15) is 12.4 Å². The fourth-order valence-electron chi connectivity index (χ4n) is 2.66. The van der Waals surface area contributed by atoms with Crippen LogP contribution < -0.4 is 29.6 Å². The van der Waals surface area contributed by atoms with Crippen molar-refractivity contribution < 1.29 is 27.7 Å². The molecule has 2 rings (SSSR count). The number of benzene rings is 2. The number of hydrogen-bond acceptors (Lipinski definition) is 5. The fourth-order valence-corrected chi connectivity index (χ4v) is 2.66. The van der Waals surface area contributed by atoms with E-state index < -0.39 is 11.6 Å². The number of hydrogen-bond donors (Lipinski definition) is 2. The van der Waals surface area contributed by atoms with Crippen LogP contribution in [0.25, 0.3) is 0 Å². The van der Waals surface area contributed by atoms with Crippen LogP contribution in [0.3, 0.4) is 0 Å². The van der Waals surface area contributed by atoms with E-state index in [-0.39, 0.29) is 12.4 Å². The first-order chi connectivity index (χ1) is 14.5. The first-order valence-corrected chi connectivity index (χ1v) is 9.41. The molecule has 7 nitrogen and oxygen atoms in total. The van der Waals surface area contributed by atoms with Crippen molar-refractivity contribution in [2.24, 2.45) is 4.99 Å². The molecule has 0 spiro atoms. The van der Waals surface area contributed by atoms with Gasteiger partial charge in [-0.1, -0.05) is 0 Å². The monoisotopic (exact) mass is 423 g/mol. The number of guanidine groups is 1. The van der Waals surface area contributed by atoms with Gasteiger partial charge in [0.2, 0.25) is 5.75 Å². The van der Waals surface area contributed by atoms with Crippen molar-refractivity contribution in [3.8, 4) is 23.0 Å². The zero-order chi connectivity index (χ0) is 21.9. The smallest absolute Gasteiger partial charge is 0.203 e. The van der Waals surface area contributed by atoms with Gasteiger partial charge in [0, 0.05) is 12.6 Å². The maximum absolute atomic E-state index is 13.6. The number of rotatable bonds is 10. The number of nitrogens with one attached hydrogen (secondary N) is 2. The van der Waals surface area contributed by atoms with Crippen LogP contribution in [0.15, 0.2) is 35.3 Å². The third kappa shape index (κ3) is 6.40. The topological polar surface area (TPSA) is 73.3 Å². The van der Waals surface area contributed by atoms with Gasteiger partial charge in [-0.15, -0.1) is 0 Å². The lowest BCUT2D eigenvalue weighted by Gasteiger charge is -2.14. The summed E-state index contributed by atoms with van der Waals surface area (Å²) >= 11 is 0. The highest BCUT2D eigenvalue weighted by molar-refractivity contribution is 5.79. The maximum Gasteiger partial charge on any atom is 0.203 e. The number of aliphatic imine (C=N–C) groups is 1. The van der Waals surface area contributed by atoms with Crippen LogP contribution in [0.1, 0.15) is 12.5 Å². The van der Waals surface area contributed by atoms with Crippen molar-refractivity contribution in [1.29, 1.82) is 0 Å². The second-order valence-corrected chi connectivity index (χ2v) is 6.08. The normalized spacial score (nSPS) is 11.1.